The van der Waals surface area contributed by atoms with Crippen LogP contribution in [-0.4, -0.2) is 11.9 Å². The van der Waals surface area contributed by atoms with E-state index in [1.165, 1.54) is 0 Å². The summed E-state index contributed by atoms with van der Waals surface area (Å²) in [6, 6.07) is 2.77. The Morgan fingerprint density at radius 3 is 2.73 bits per heavy atom. The molecule has 0 bridgehead atoms. The SMILES string of the molecule is CC[C@H](C)NC(=O)c1cc(F)ccc1F. The molecule has 0 spiro atoms. The van der Waals surface area contributed by atoms with E-state index in [-0.39, 0.29) is 11.6 Å². The number of benzene rings is 1. The molecule has 0 heterocycles. The first-order valence-electron chi connectivity index (χ1n) is 4.80. The third-order valence-electron chi connectivity index (χ3n) is 2.16. The molecule has 0 fully saturated rings. The molecule has 15 heavy (non-hydrogen) atoms. The average molecular weight is 213 g/mol. The third-order valence-corrected chi connectivity index (χ3v) is 2.16. The zero-order valence-corrected chi connectivity index (χ0v) is 8.68. The Morgan fingerprint density at radius 1 is 1.47 bits per heavy atom. The fourth-order valence-corrected chi connectivity index (χ4v) is 1.08. The summed E-state index contributed by atoms with van der Waals surface area (Å²) in [6.07, 6.45) is 0.739. The zero-order chi connectivity index (χ0) is 11.4. The highest BCUT2D eigenvalue weighted by Crippen LogP contribution is 2.09. The van der Waals surface area contributed by atoms with Gasteiger partial charge in [0.1, 0.15) is 11.6 Å². The summed E-state index contributed by atoms with van der Waals surface area (Å²) < 4.78 is 25.9. The van der Waals surface area contributed by atoms with E-state index in [1.54, 1.807) is 6.92 Å². The van der Waals surface area contributed by atoms with Gasteiger partial charge in [0.05, 0.1) is 5.56 Å². The Kier molecular flexibility index (Phi) is 3.77. The third kappa shape index (κ3) is 3.01. The maximum atomic E-state index is 13.1. The van der Waals surface area contributed by atoms with Crippen molar-refractivity contribution < 1.29 is 13.6 Å². The van der Waals surface area contributed by atoms with E-state index in [2.05, 4.69) is 5.32 Å². The van der Waals surface area contributed by atoms with E-state index >= 15 is 0 Å². The zero-order valence-electron chi connectivity index (χ0n) is 8.68. The number of nitrogens with one attached hydrogen (secondary N) is 1. The van der Waals surface area contributed by atoms with Crippen molar-refractivity contribution in [2.75, 3.05) is 0 Å². The van der Waals surface area contributed by atoms with Crippen molar-refractivity contribution in [1.29, 1.82) is 0 Å². The van der Waals surface area contributed by atoms with E-state index in [4.69, 9.17) is 0 Å². The molecular formula is C11H13F2NO. The minimum Gasteiger partial charge on any atom is -0.350 e. The first-order chi connectivity index (χ1) is 7.04. The molecular weight excluding hydrogens is 200 g/mol. The first-order valence-corrected chi connectivity index (χ1v) is 4.80. The van der Waals surface area contributed by atoms with Gasteiger partial charge in [0, 0.05) is 6.04 Å². The van der Waals surface area contributed by atoms with Crippen molar-refractivity contribution in [3.05, 3.63) is 35.4 Å². The highest BCUT2D eigenvalue weighted by Gasteiger charge is 2.13. The second-order valence-corrected chi connectivity index (χ2v) is 3.41. The van der Waals surface area contributed by atoms with Gasteiger partial charge in [-0.3, -0.25) is 4.79 Å². The fourth-order valence-electron chi connectivity index (χ4n) is 1.08. The number of carbonyl (C=O) groups is 1. The lowest BCUT2D eigenvalue weighted by Gasteiger charge is -2.11. The topological polar surface area (TPSA) is 29.1 Å². The molecule has 0 unspecified atom stereocenters. The lowest BCUT2D eigenvalue weighted by molar-refractivity contribution is 0.0934. The Balaban J connectivity index is 2.86. The number of carbonyl (C=O) groups excluding carboxylic acids is 1. The minimum absolute atomic E-state index is 0.0554. The van der Waals surface area contributed by atoms with Gasteiger partial charge in [-0.15, -0.1) is 0 Å². The Hall–Kier alpha value is -1.45. The minimum atomic E-state index is -0.711. The van der Waals surface area contributed by atoms with Crippen molar-refractivity contribution in [3.8, 4) is 0 Å². The normalized spacial score (nSPS) is 12.3. The van der Waals surface area contributed by atoms with E-state index in [0.717, 1.165) is 24.6 Å². The molecule has 1 atom stereocenters. The molecule has 0 radical (unpaired) electrons. The molecule has 82 valence electrons. The van der Waals surface area contributed by atoms with Gasteiger partial charge in [-0.25, -0.2) is 8.78 Å². The lowest BCUT2D eigenvalue weighted by atomic mass is 10.1. The second-order valence-electron chi connectivity index (χ2n) is 3.41. The fraction of sp³-hybridized carbons (Fsp3) is 0.364. The van der Waals surface area contributed by atoms with Crippen LogP contribution >= 0.6 is 0 Å². The van der Waals surface area contributed by atoms with Crippen molar-refractivity contribution in [2.45, 2.75) is 26.3 Å². The molecule has 2 nitrogen and oxygen atoms in total. The predicted molar refractivity (Wildman–Crippen MR) is 53.6 cm³/mol. The Morgan fingerprint density at radius 2 is 2.13 bits per heavy atom. The summed E-state index contributed by atoms with van der Waals surface area (Å²) in [4.78, 5) is 11.5. The van der Waals surface area contributed by atoms with Gasteiger partial charge in [-0.1, -0.05) is 6.92 Å². The van der Waals surface area contributed by atoms with Gasteiger partial charge < -0.3 is 5.32 Å². The van der Waals surface area contributed by atoms with Crippen molar-refractivity contribution in [1.82, 2.24) is 5.32 Å². The lowest BCUT2D eigenvalue weighted by Crippen LogP contribution is -2.32. The smallest absolute Gasteiger partial charge is 0.254 e. The predicted octanol–water partition coefficient (Wildman–Crippen LogP) is 2.49. The summed E-state index contributed by atoms with van der Waals surface area (Å²) in [7, 11) is 0. The van der Waals surface area contributed by atoms with Crippen LogP contribution < -0.4 is 5.32 Å². The molecule has 0 aromatic heterocycles. The number of rotatable bonds is 3. The van der Waals surface area contributed by atoms with Crippen LogP contribution in [0.15, 0.2) is 18.2 Å². The Labute approximate surface area is 87.3 Å². The molecule has 1 N–H and O–H groups in total. The maximum Gasteiger partial charge on any atom is 0.254 e. The van der Waals surface area contributed by atoms with Gasteiger partial charge in [0.25, 0.3) is 5.91 Å². The van der Waals surface area contributed by atoms with Crippen LogP contribution in [-0.2, 0) is 0 Å². The summed E-state index contributed by atoms with van der Waals surface area (Å²) in [5.41, 5.74) is -0.254. The quantitative estimate of drug-likeness (QED) is 0.821. The average Bonchev–Trinajstić information content (AvgIpc) is 2.21. The van der Waals surface area contributed by atoms with Crippen LogP contribution in [0, 0.1) is 11.6 Å². The summed E-state index contributed by atoms with van der Waals surface area (Å²) in [5.74, 6) is -1.91. The van der Waals surface area contributed by atoms with Gasteiger partial charge in [0.15, 0.2) is 0 Å². The molecule has 0 saturated heterocycles. The second kappa shape index (κ2) is 4.87. The van der Waals surface area contributed by atoms with Gasteiger partial charge in [-0.05, 0) is 31.5 Å². The molecule has 1 aromatic carbocycles. The summed E-state index contributed by atoms with van der Waals surface area (Å²) >= 11 is 0. The molecule has 0 saturated carbocycles. The molecule has 1 amide bonds. The van der Waals surface area contributed by atoms with Crippen LogP contribution in [0.5, 0.6) is 0 Å². The number of hydrogen-bond acceptors (Lipinski definition) is 1. The van der Waals surface area contributed by atoms with E-state index in [1.807, 2.05) is 6.92 Å². The van der Waals surface area contributed by atoms with Gasteiger partial charge in [-0.2, -0.15) is 0 Å². The molecule has 0 aliphatic rings. The van der Waals surface area contributed by atoms with E-state index < -0.39 is 17.5 Å². The van der Waals surface area contributed by atoms with Crippen molar-refractivity contribution in [3.63, 3.8) is 0 Å². The van der Waals surface area contributed by atoms with E-state index in [9.17, 15) is 13.6 Å². The van der Waals surface area contributed by atoms with Crippen LogP contribution in [0.4, 0.5) is 8.78 Å². The number of hydrogen-bond donors (Lipinski definition) is 1. The maximum absolute atomic E-state index is 13.1. The summed E-state index contributed by atoms with van der Waals surface area (Å²) in [6.45, 7) is 3.70. The van der Waals surface area contributed by atoms with Crippen molar-refractivity contribution >= 4 is 5.91 Å². The number of amides is 1. The molecule has 4 heteroatoms. The molecule has 1 rings (SSSR count). The monoisotopic (exact) mass is 213 g/mol. The van der Waals surface area contributed by atoms with Crippen LogP contribution in [0.3, 0.4) is 0 Å². The molecule has 0 aliphatic heterocycles. The molecule has 1 aromatic rings. The highest BCUT2D eigenvalue weighted by atomic mass is 19.1. The summed E-state index contributed by atoms with van der Waals surface area (Å²) in [5, 5.41) is 2.57. The van der Waals surface area contributed by atoms with Crippen LogP contribution in [0.25, 0.3) is 0 Å². The highest BCUT2D eigenvalue weighted by molar-refractivity contribution is 5.94. The Bertz CT molecular complexity index is 366. The number of halogens is 2. The molecule has 0 aliphatic carbocycles. The largest absolute Gasteiger partial charge is 0.350 e. The van der Waals surface area contributed by atoms with Crippen LogP contribution in [0.2, 0.25) is 0 Å². The standard InChI is InChI=1S/C11H13F2NO/c1-3-7(2)14-11(15)9-6-8(12)4-5-10(9)13/h4-7H,3H2,1-2H3,(H,14,15)/t7-/m0/s1. The van der Waals surface area contributed by atoms with Gasteiger partial charge in [0.2, 0.25) is 0 Å². The van der Waals surface area contributed by atoms with Gasteiger partial charge >= 0.3 is 0 Å². The van der Waals surface area contributed by atoms with Crippen LogP contribution in [0.1, 0.15) is 30.6 Å². The van der Waals surface area contributed by atoms with Crippen molar-refractivity contribution in [2.24, 2.45) is 0 Å². The first kappa shape index (κ1) is 11.6. The van der Waals surface area contributed by atoms with E-state index in [0.29, 0.717) is 0 Å².